The van der Waals surface area contributed by atoms with Crippen molar-refractivity contribution in [1.82, 2.24) is 10.2 Å². The predicted octanol–water partition coefficient (Wildman–Crippen LogP) is 3.84. The van der Waals surface area contributed by atoms with E-state index in [2.05, 4.69) is 69.2 Å². The molecular formula is C19H32N2. The number of hydrogen-bond acceptors (Lipinski definition) is 2. The molecule has 1 aliphatic carbocycles. The molecule has 1 aromatic carbocycles. The van der Waals surface area contributed by atoms with Crippen LogP contribution < -0.4 is 5.32 Å². The third-order valence-corrected chi connectivity index (χ3v) is 5.14. The lowest BCUT2D eigenvalue weighted by Crippen LogP contribution is -2.45. The van der Waals surface area contributed by atoms with Gasteiger partial charge < -0.3 is 10.2 Å². The smallest absolute Gasteiger partial charge is 0.0233 e. The van der Waals surface area contributed by atoms with Gasteiger partial charge in [0.25, 0.3) is 0 Å². The van der Waals surface area contributed by atoms with Crippen molar-refractivity contribution in [3.05, 3.63) is 35.4 Å². The molecule has 1 fully saturated rings. The molecule has 2 unspecified atom stereocenters. The Hall–Kier alpha value is -0.860. The molecular weight excluding hydrogens is 256 g/mol. The summed E-state index contributed by atoms with van der Waals surface area (Å²) >= 11 is 0. The maximum atomic E-state index is 3.74. The lowest BCUT2D eigenvalue weighted by Gasteiger charge is -2.33. The van der Waals surface area contributed by atoms with Crippen LogP contribution >= 0.6 is 0 Å². The molecule has 1 aliphatic rings. The lowest BCUT2D eigenvalue weighted by molar-refractivity contribution is 0.202. The number of aryl methyl sites for hydroxylation is 1. The number of rotatable bonds is 6. The molecule has 2 heteroatoms. The second-order valence-electron chi connectivity index (χ2n) is 7.45. The maximum Gasteiger partial charge on any atom is 0.0233 e. The molecule has 0 aromatic heterocycles. The van der Waals surface area contributed by atoms with E-state index in [0.29, 0.717) is 11.5 Å². The van der Waals surface area contributed by atoms with Gasteiger partial charge in [0.05, 0.1) is 0 Å². The standard InChI is InChI=1S/C19H32N2/c1-6-20-18-17(11-12-19(18,3)4)14-21(5)13-16-10-8-7-9-15(16)2/h7-10,17-18,20H,6,11-14H2,1-5H3. The zero-order valence-corrected chi connectivity index (χ0v) is 14.4. The van der Waals surface area contributed by atoms with Crippen molar-refractivity contribution in [2.24, 2.45) is 11.3 Å². The molecule has 1 N–H and O–H groups in total. The van der Waals surface area contributed by atoms with E-state index in [4.69, 9.17) is 0 Å². The van der Waals surface area contributed by atoms with Crippen molar-refractivity contribution < 1.29 is 0 Å². The Morgan fingerprint density at radius 2 is 2.00 bits per heavy atom. The molecule has 0 spiro atoms. The SMILES string of the molecule is CCNC1C(CN(C)Cc2ccccc2C)CCC1(C)C. The van der Waals surface area contributed by atoms with Crippen LogP contribution in [0.1, 0.15) is 44.7 Å². The van der Waals surface area contributed by atoms with Crippen LogP contribution in [-0.2, 0) is 6.54 Å². The average molecular weight is 288 g/mol. The second kappa shape index (κ2) is 6.93. The summed E-state index contributed by atoms with van der Waals surface area (Å²) in [7, 11) is 2.26. The van der Waals surface area contributed by atoms with Gasteiger partial charge in [-0.2, -0.15) is 0 Å². The molecule has 2 nitrogen and oxygen atoms in total. The van der Waals surface area contributed by atoms with Gasteiger partial charge in [0.1, 0.15) is 0 Å². The third-order valence-electron chi connectivity index (χ3n) is 5.14. The number of nitrogens with zero attached hydrogens (tertiary/aromatic N) is 1. The number of benzene rings is 1. The van der Waals surface area contributed by atoms with E-state index in [1.807, 2.05) is 0 Å². The zero-order chi connectivity index (χ0) is 15.5. The van der Waals surface area contributed by atoms with Gasteiger partial charge in [0.2, 0.25) is 0 Å². The Labute approximate surface area is 130 Å². The Kier molecular flexibility index (Phi) is 5.45. The van der Waals surface area contributed by atoms with E-state index in [-0.39, 0.29) is 0 Å². The lowest BCUT2D eigenvalue weighted by atomic mass is 9.84. The van der Waals surface area contributed by atoms with Gasteiger partial charge in [-0.1, -0.05) is 45.0 Å². The third kappa shape index (κ3) is 4.08. The molecule has 1 saturated carbocycles. The number of nitrogens with one attached hydrogen (secondary N) is 1. The first-order valence-electron chi connectivity index (χ1n) is 8.40. The Morgan fingerprint density at radius 3 is 2.67 bits per heavy atom. The summed E-state index contributed by atoms with van der Waals surface area (Å²) in [5.74, 6) is 0.772. The summed E-state index contributed by atoms with van der Waals surface area (Å²) in [5, 5.41) is 3.74. The largest absolute Gasteiger partial charge is 0.313 e. The quantitative estimate of drug-likeness (QED) is 0.855. The van der Waals surface area contributed by atoms with Crippen molar-refractivity contribution in [2.45, 2.75) is 53.1 Å². The highest BCUT2D eigenvalue weighted by atomic mass is 15.1. The molecule has 1 aromatic rings. The summed E-state index contributed by atoms with van der Waals surface area (Å²) in [6.45, 7) is 12.6. The highest BCUT2D eigenvalue weighted by Gasteiger charge is 2.41. The van der Waals surface area contributed by atoms with E-state index in [9.17, 15) is 0 Å². The summed E-state index contributed by atoms with van der Waals surface area (Å²) in [5.41, 5.74) is 3.29. The summed E-state index contributed by atoms with van der Waals surface area (Å²) in [4.78, 5) is 2.50. The molecule has 0 saturated heterocycles. The molecule has 21 heavy (non-hydrogen) atoms. The highest BCUT2D eigenvalue weighted by molar-refractivity contribution is 5.25. The Bertz CT molecular complexity index is 453. The summed E-state index contributed by atoms with van der Waals surface area (Å²) in [6.07, 6.45) is 2.69. The van der Waals surface area contributed by atoms with Gasteiger partial charge in [-0.05, 0) is 55.8 Å². The molecule has 0 heterocycles. The van der Waals surface area contributed by atoms with Crippen LogP contribution in [0, 0.1) is 18.3 Å². The van der Waals surface area contributed by atoms with E-state index in [1.54, 1.807) is 0 Å². The topological polar surface area (TPSA) is 15.3 Å². The fraction of sp³-hybridized carbons (Fsp3) is 0.684. The van der Waals surface area contributed by atoms with Crippen LogP contribution in [0.25, 0.3) is 0 Å². The van der Waals surface area contributed by atoms with Gasteiger partial charge in [-0.15, -0.1) is 0 Å². The fourth-order valence-corrected chi connectivity index (χ4v) is 3.92. The molecule has 2 atom stereocenters. The summed E-state index contributed by atoms with van der Waals surface area (Å²) in [6, 6.07) is 9.40. The van der Waals surface area contributed by atoms with Crippen LogP contribution in [0.15, 0.2) is 24.3 Å². The van der Waals surface area contributed by atoms with E-state index in [0.717, 1.165) is 19.0 Å². The van der Waals surface area contributed by atoms with E-state index >= 15 is 0 Å². The second-order valence-corrected chi connectivity index (χ2v) is 7.45. The maximum absolute atomic E-state index is 3.74. The zero-order valence-electron chi connectivity index (χ0n) is 14.4. The van der Waals surface area contributed by atoms with Crippen LogP contribution in [-0.4, -0.2) is 31.1 Å². The van der Waals surface area contributed by atoms with Gasteiger partial charge in [-0.25, -0.2) is 0 Å². The highest BCUT2D eigenvalue weighted by Crippen LogP contribution is 2.41. The summed E-state index contributed by atoms with van der Waals surface area (Å²) < 4.78 is 0. The van der Waals surface area contributed by atoms with Crippen LogP contribution in [0.2, 0.25) is 0 Å². The first-order valence-corrected chi connectivity index (χ1v) is 8.40. The van der Waals surface area contributed by atoms with Crippen molar-refractivity contribution in [1.29, 1.82) is 0 Å². The molecule has 0 amide bonds. The van der Waals surface area contributed by atoms with E-state index < -0.39 is 0 Å². The van der Waals surface area contributed by atoms with Crippen molar-refractivity contribution in [3.8, 4) is 0 Å². The van der Waals surface area contributed by atoms with Crippen LogP contribution in [0.3, 0.4) is 0 Å². The van der Waals surface area contributed by atoms with Crippen molar-refractivity contribution in [3.63, 3.8) is 0 Å². The Balaban J connectivity index is 1.96. The minimum absolute atomic E-state index is 0.435. The molecule has 0 bridgehead atoms. The Morgan fingerprint density at radius 1 is 1.29 bits per heavy atom. The molecule has 118 valence electrons. The normalized spacial score (nSPS) is 24.7. The van der Waals surface area contributed by atoms with E-state index in [1.165, 1.54) is 30.5 Å². The molecule has 0 radical (unpaired) electrons. The minimum atomic E-state index is 0.435. The van der Waals surface area contributed by atoms with Crippen LogP contribution in [0.5, 0.6) is 0 Å². The first kappa shape index (κ1) is 16.5. The monoisotopic (exact) mass is 288 g/mol. The predicted molar refractivity (Wildman–Crippen MR) is 91.5 cm³/mol. The minimum Gasteiger partial charge on any atom is -0.313 e. The van der Waals surface area contributed by atoms with Gasteiger partial charge in [-0.3, -0.25) is 0 Å². The van der Waals surface area contributed by atoms with Crippen molar-refractivity contribution >= 4 is 0 Å². The number of hydrogen-bond donors (Lipinski definition) is 1. The average Bonchev–Trinajstić information content (AvgIpc) is 2.69. The molecule has 2 rings (SSSR count). The van der Waals surface area contributed by atoms with Gasteiger partial charge >= 0.3 is 0 Å². The van der Waals surface area contributed by atoms with Crippen LogP contribution in [0.4, 0.5) is 0 Å². The van der Waals surface area contributed by atoms with Gasteiger partial charge in [0, 0.05) is 19.1 Å². The van der Waals surface area contributed by atoms with Crippen molar-refractivity contribution in [2.75, 3.05) is 20.1 Å². The van der Waals surface area contributed by atoms with Gasteiger partial charge in [0.15, 0.2) is 0 Å². The molecule has 0 aliphatic heterocycles. The fourth-order valence-electron chi connectivity index (χ4n) is 3.92. The first-order chi connectivity index (χ1) is 9.94.